The first kappa shape index (κ1) is 17.5. The predicted octanol–water partition coefficient (Wildman–Crippen LogP) is 3.37. The minimum atomic E-state index is 0.463. The van der Waals surface area contributed by atoms with Crippen LogP contribution in [0.3, 0.4) is 0 Å². The number of rotatable bonds is 3. The number of piperidine rings is 2. The lowest BCUT2D eigenvalue weighted by Gasteiger charge is -2.49. The first-order valence-electron chi connectivity index (χ1n) is 9.79. The van der Waals surface area contributed by atoms with Crippen LogP contribution in [0.15, 0.2) is 48.7 Å². The smallest absolute Gasteiger partial charge is 0.127 e. The van der Waals surface area contributed by atoms with E-state index in [0.29, 0.717) is 17.2 Å². The van der Waals surface area contributed by atoms with E-state index in [1.54, 1.807) is 6.20 Å². The van der Waals surface area contributed by atoms with Crippen LogP contribution >= 0.6 is 0 Å². The van der Waals surface area contributed by atoms with Gasteiger partial charge in [0.1, 0.15) is 5.82 Å². The topological polar surface area (TPSA) is 45.4 Å². The molecule has 138 valence electrons. The van der Waals surface area contributed by atoms with Crippen LogP contribution in [0.5, 0.6) is 0 Å². The van der Waals surface area contributed by atoms with Crippen molar-refractivity contribution in [3.05, 3.63) is 59.8 Å². The summed E-state index contributed by atoms with van der Waals surface area (Å²) in [5, 5.41) is 0. The highest BCUT2D eigenvalue weighted by Crippen LogP contribution is 2.44. The Morgan fingerprint density at radius 3 is 2.62 bits per heavy atom. The van der Waals surface area contributed by atoms with E-state index in [0.717, 1.165) is 25.2 Å². The van der Waals surface area contributed by atoms with Crippen LogP contribution in [0.2, 0.25) is 0 Å². The van der Waals surface area contributed by atoms with Gasteiger partial charge in [-0.05, 0) is 62.4 Å². The number of anilines is 1. The van der Waals surface area contributed by atoms with Crippen LogP contribution in [0, 0.1) is 5.41 Å². The molecule has 4 heteroatoms. The van der Waals surface area contributed by atoms with Crippen LogP contribution in [0.4, 0.5) is 5.82 Å². The van der Waals surface area contributed by atoms with Gasteiger partial charge in [0.25, 0.3) is 0 Å². The van der Waals surface area contributed by atoms with Gasteiger partial charge in [-0.2, -0.15) is 0 Å². The fourth-order valence-corrected chi connectivity index (χ4v) is 4.99. The maximum absolute atomic E-state index is 6.03. The molecular formula is C22H30N4. The second kappa shape index (κ2) is 7.37. The highest BCUT2D eigenvalue weighted by molar-refractivity contribution is 5.38. The number of aromatic nitrogens is 1. The van der Waals surface area contributed by atoms with E-state index >= 15 is 0 Å². The Morgan fingerprint density at radius 2 is 1.88 bits per heavy atom. The van der Waals surface area contributed by atoms with E-state index in [-0.39, 0.29) is 0 Å². The van der Waals surface area contributed by atoms with Gasteiger partial charge >= 0.3 is 0 Å². The number of hydrogen-bond donors (Lipinski definition) is 1. The Hall–Kier alpha value is -1.91. The summed E-state index contributed by atoms with van der Waals surface area (Å²) in [5.41, 5.74) is 9.16. The molecule has 1 aromatic heterocycles. The molecule has 0 unspecified atom stereocenters. The third-order valence-electron chi connectivity index (χ3n) is 6.32. The van der Waals surface area contributed by atoms with Gasteiger partial charge in [-0.1, -0.05) is 36.4 Å². The summed E-state index contributed by atoms with van der Waals surface area (Å²) in [4.78, 5) is 9.32. The van der Waals surface area contributed by atoms with Crippen molar-refractivity contribution in [2.45, 2.75) is 31.7 Å². The zero-order valence-corrected chi connectivity index (χ0v) is 15.8. The molecule has 0 aliphatic carbocycles. The van der Waals surface area contributed by atoms with Crippen molar-refractivity contribution in [3.63, 3.8) is 0 Å². The first-order valence-corrected chi connectivity index (χ1v) is 9.79. The average molecular weight is 351 g/mol. The maximum Gasteiger partial charge on any atom is 0.127 e. The van der Waals surface area contributed by atoms with Gasteiger partial charge in [0.2, 0.25) is 0 Å². The number of nitrogens with zero attached hydrogens (tertiary/aromatic N) is 3. The second-order valence-corrected chi connectivity index (χ2v) is 8.33. The third kappa shape index (κ3) is 3.76. The van der Waals surface area contributed by atoms with E-state index in [1.165, 1.54) is 37.9 Å². The van der Waals surface area contributed by atoms with E-state index in [2.05, 4.69) is 58.2 Å². The lowest BCUT2D eigenvalue weighted by Crippen LogP contribution is -2.50. The number of pyridine rings is 1. The summed E-state index contributed by atoms with van der Waals surface area (Å²) < 4.78 is 0. The molecular weight excluding hydrogens is 320 g/mol. The molecule has 3 heterocycles. The Bertz CT molecular complexity index is 722. The van der Waals surface area contributed by atoms with E-state index < -0.39 is 0 Å². The summed E-state index contributed by atoms with van der Waals surface area (Å²) in [7, 11) is 2.29. The molecule has 2 N–H and O–H groups in total. The van der Waals surface area contributed by atoms with Crippen LogP contribution in [-0.2, 0) is 6.54 Å². The molecule has 0 saturated carbocycles. The van der Waals surface area contributed by atoms with Gasteiger partial charge in [-0.15, -0.1) is 0 Å². The van der Waals surface area contributed by atoms with Gasteiger partial charge in [0, 0.05) is 31.4 Å². The van der Waals surface area contributed by atoms with Crippen LogP contribution < -0.4 is 5.73 Å². The van der Waals surface area contributed by atoms with Crippen LogP contribution in [0.25, 0.3) is 0 Å². The van der Waals surface area contributed by atoms with Crippen LogP contribution in [0.1, 0.15) is 36.3 Å². The number of nitrogens with two attached hydrogens (primary N) is 1. The van der Waals surface area contributed by atoms with Gasteiger partial charge in [0.15, 0.2) is 0 Å². The fraction of sp³-hybridized carbons (Fsp3) is 0.500. The molecule has 1 aromatic carbocycles. The van der Waals surface area contributed by atoms with Crippen LogP contribution in [-0.4, -0.2) is 48.0 Å². The minimum absolute atomic E-state index is 0.463. The minimum Gasteiger partial charge on any atom is -0.383 e. The van der Waals surface area contributed by atoms with Crippen molar-refractivity contribution in [1.82, 2.24) is 14.8 Å². The third-order valence-corrected chi connectivity index (χ3v) is 6.32. The standard InChI is InChI=1S/C22H30N4/c1-25-15-20(18-6-3-2-4-7-18)14-22(17-25)9-12-26(13-10-22)16-19-8-5-11-24-21(19)23/h2-8,11,20H,9-10,12-17H2,1H3,(H2,23,24)/t20-/m0/s1. The quantitative estimate of drug-likeness (QED) is 0.922. The average Bonchev–Trinajstić information content (AvgIpc) is 2.66. The molecule has 1 spiro atoms. The van der Waals surface area contributed by atoms with E-state index in [1.807, 2.05) is 6.07 Å². The molecule has 0 amide bonds. The summed E-state index contributed by atoms with van der Waals surface area (Å²) >= 11 is 0. The van der Waals surface area contributed by atoms with Crippen molar-refractivity contribution in [3.8, 4) is 0 Å². The number of nitrogen functional groups attached to an aromatic ring is 1. The molecule has 4 rings (SSSR count). The summed E-state index contributed by atoms with van der Waals surface area (Å²) in [6.07, 6.45) is 5.65. The van der Waals surface area contributed by atoms with Gasteiger partial charge in [-0.25, -0.2) is 4.98 Å². The van der Waals surface area contributed by atoms with Crippen molar-refractivity contribution >= 4 is 5.82 Å². The Morgan fingerprint density at radius 1 is 1.12 bits per heavy atom. The zero-order chi connectivity index (χ0) is 18.0. The molecule has 4 nitrogen and oxygen atoms in total. The Kier molecular flexibility index (Phi) is 4.96. The summed E-state index contributed by atoms with van der Waals surface area (Å²) in [6, 6.07) is 15.2. The summed E-state index contributed by atoms with van der Waals surface area (Å²) in [6.45, 7) is 5.65. The second-order valence-electron chi connectivity index (χ2n) is 8.33. The highest BCUT2D eigenvalue weighted by Gasteiger charge is 2.41. The Labute approximate surface area is 157 Å². The molecule has 0 bridgehead atoms. The molecule has 0 radical (unpaired) electrons. The maximum atomic E-state index is 6.03. The monoisotopic (exact) mass is 350 g/mol. The van der Waals surface area contributed by atoms with Gasteiger partial charge in [-0.3, -0.25) is 4.90 Å². The number of likely N-dealkylation sites (N-methyl/N-ethyl adjacent to an activating group) is 1. The molecule has 2 aliphatic rings. The lowest BCUT2D eigenvalue weighted by molar-refractivity contribution is 0.0219. The Balaban J connectivity index is 1.41. The number of hydrogen-bond acceptors (Lipinski definition) is 4. The molecule has 26 heavy (non-hydrogen) atoms. The molecule has 2 aliphatic heterocycles. The number of likely N-dealkylation sites (tertiary alicyclic amines) is 2. The van der Waals surface area contributed by atoms with Crippen molar-refractivity contribution in [2.75, 3.05) is 39.0 Å². The van der Waals surface area contributed by atoms with Gasteiger partial charge in [0.05, 0.1) is 0 Å². The molecule has 2 aromatic rings. The first-order chi connectivity index (χ1) is 12.6. The van der Waals surface area contributed by atoms with Crippen molar-refractivity contribution in [1.29, 1.82) is 0 Å². The molecule has 2 fully saturated rings. The summed E-state index contributed by atoms with van der Waals surface area (Å²) in [5.74, 6) is 1.34. The normalized spacial score (nSPS) is 24.0. The largest absolute Gasteiger partial charge is 0.383 e. The molecule has 1 atom stereocenters. The highest BCUT2D eigenvalue weighted by atomic mass is 15.2. The lowest BCUT2D eigenvalue weighted by atomic mass is 9.68. The predicted molar refractivity (Wildman–Crippen MR) is 107 cm³/mol. The van der Waals surface area contributed by atoms with Crippen molar-refractivity contribution < 1.29 is 0 Å². The molecule has 2 saturated heterocycles. The van der Waals surface area contributed by atoms with E-state index in [9.17, 15) is 0 Å². The zero-order valence-electron chi connectivity index (χ0n) is 15.8. The SMILES string of the molecule is CN1C[C@@H](c2ccccc2)CC2(CCN(Cc3cccnc3N)CC2)C1. The van der Waals surface area contributed by atoms with Gasteiger partial charge < -0.3 is 10.6 Å². The number of benzene rings is 1. The fourth-order valence-electron chi connectivity index (χ4n) is 4.99. The van der Waals surface area contributed by atoms with E-state index in [4.69, 9.17) is 5.73 Å². The van der Waals surface area contributed by atoms with Crippen molar-refractivity contribution in [2.24, 2.45) is 5.41 Å².